The molecule has 4 rings (SSSR count). The largest absolute Gasteiger partial charge is 0.514 e. The molecular formula is C44H54N2O16S4. The lowest BCUT2D eigenvalue weighted by molar-refractivity contribution is -0.147. The molecule has 0 N–H and O–H groups in total. The van der Waals surface area contributed by atoms with Gasteiger partial charge in [0.2, 0.25) is 0 Å². The Kier molecular flexibility index (Phi) is 21.4. The predicted octanol–water partition coefficient (Wildman–Crippen LogP) is 8.65. The number of carbonyl (C=O) groups excluding carboxylic acids is 8. The molecule has 2 amide bonds. The molecule has 3 aliphatic rings. The number of rotatable bonds is 24. The van der Waals surface area contributed by atoms with Crippen molar-refractivity contribution in [2.45, 2.75) is 112 Å². The Morgan fingerprint density at radius 3 is 1.20 bits per heavy atom. The van der Waals surface area contributed by atoms with Crippen LogP contribution in [0.15, 0.2) is 63.5 Å². The van der Waals surface area contributed by atoms with Gasteiger partial charge in [-0.25, -0.2) is 38.8 Å². The predicted molar refractivity (Wildman–Crippen MR) is 244 cm³/mol. The van der Waals surface area contributed by atoms with Gasteiger partial charge in [-0.2, -0.15) is 0 Å². The quantitative estimate of drug-likeness (QED) is 0.0180. The molecule has 1 saturated heterocycles. The number of thioether (sulfide) groups is 4. The van der Waals surface area contributed by atoms with Crippen LogP contribution >= 0.6 is 47.0 Å². The standard InChI is InChI=1S/C44H54N2O16S4/c1-9-13-17-45-35(47)27(36(48)46(45)18-14-10-2)41-63-31-29(61-43(53)59-23-21-57-37(49)25(5)6)33-34(30(32(31)64-41)62-44(54)60-24-22-58-38(50)26(7)8)66-42(65-33)28(39(51)55-19-15-11-3)40(52)56-20-16-12-4/h5,7,9-24H2,1-4,6,8H3. The molecule has 0 aliphatic carbocycles. The Morgan fingerprint density at radius 1 is 0.485 bits per heavy atom. The van der Waals surface area contributed by atoms with E-state index in [1.807, 2.05) is 27.7 Å². The van der Waals surface area contributed by atoms with Gasteiger partial charge in [0.25, 0.3) is 11.8 Å². The molecule has 1 aromatic rings. The van der Waals surface area contributed by atoms with E-state index in [-0.39, 0.29) is 95.8 Å². The first-order valence-electron chi connectivity index (χ1n) is 21.4. The number of ether oxygens (including phenoxy) is 8. The lowest BCUT2D eigenvalue weighted by Crippen LogP contribution is -2.42. The highest BCUT2D eigenvalue weighted by atomic mass is 32.2. The number of amides is 2. The topological polar surface area (TPSA) is 217 Å². The number of hydrazine groups is 1. The summed E-state index contributed by atoms with van der Waals surface area (Å²) in [5, 5.41) is 2.84. The van der Waals surface area contributed by atoms with Crippen LogP contribution in [0.3, 0.4) is 0 Å². The number of esters is 4. The molecule has 0 bridgehead atoms. The van der Waals surface area contributed by atoms with Crippen LogP contribution in [0.25, 0.3) is 0 Å². The third-order valence-corrected chi connectivity index (χ3v) is 14.3. The van der Waals surface area contributed by atoms with Crippen molar-refractivity contribution in [2.75, 3.05) is 52.7 Å². The van der Waals surface area contributed by atoms with Gasteiger partial charge < -0.3 is 37.9 Å². The van der Waals surface area contributed by atoms with E-state index >= 15 is 0 Å². The van der Waals surface area contributed by atoms with Crippen LogP contribution < -0.4 is 9.47 Å². The molecule has 0 saturated carbocycles. The molecule has 0 spiro atoms. The molecule has 18 nitrogen and oxygen atoms in total. The van der Waals surface area contributed by atoms with Crippen LogP contribution in [0.1, 0.15) is 92.9 Å². The summed E-state index contributed by atoms with van der Waals surface area (Å²) in [5.74, 6) is -4.85. The van der Waals surface area contributed by atoms with Gasteiger partial charge in [-0.15, -0.1) is 0 Å². The SMILES string of the molecule is C=C(C)C(=O)OCCOC(=O)Oc1c2c(c(OC(=O)OCCOC(=O)C(=C)C)c3c1SC(=C1C(=O)N(CCCC)N(CCCC)C1=O)S3)SC(=C(C(=O)OCCCC)C(=O)OCCCC)S2. The van der Waals surface area contributed by atoms with Gasteiger partial charge in [0.15, 0.2) is 17.1 Å². The Labute approximate surface area is 400 Å². The van der Waals surface area contributed by atoms with Crippen LogP contribution in [0.4, 0.5) is 9.59 Å². The van der Waals surface area contributed by atoms with Crippen molar-refractivity contribution in [3.05, 3.63) is 43.9 Å². The average Bonchev–Trinajstić information content (AvgIpc) is 3.97. The fourth-order valence-electron chi connectivity index (χ4n) is 5.60. The minimum absolute atomic E-state index is 0.00258. The van der Waals surface area contributed by atoms with Crippen molar-refractivity contribution in [3.63, 3.8) is 0 Å². The number of hydrogen-bond acceptors (Lipinski definition) is 20. The maximum Gasteiger partial charge on any atom is 0.514 e. The smallest absolute Gasteiger partial charge is 0.462 e. The van der Waals surface area contributed by atoms with Gasteiger partial charge in [0.1, 0.15) is 32.0 Å². The summed E-state index contributed by atoms with van der Waals surface area (Å²) in [6, 6.07) is 0. The zero-order chi connectivity index (χ0) is 48.5. The Bertz CT molecular complexity index is 1980. The summed E-state index contributed by atoms with van der Waals surface area (Å²) >= 11 is 3.42. The minimum atomic E-state index is -1.26. The van der Waals surface area contributed by atoms with Crippen molar-refractivity contribution in [3.8, 4) is 11.5 Å². The monoisotopic (exact) mass is 994 g/mol. The number of fused-ring (bicyclic) bond motifs is 2. The number of nitrogens with zero attached hydrogens (tertiary/aromatic N) is 2. The van der Waals surface area contributed by atoms with E-state index in [0.29, 0.717) is 38.5 Å². The summed E-state index contributed by atoms with van der Waals surface area (Å²) in [5.41, 5.74) is -0.355. The zero-order valence-electron chi connectivity index (χ0n) is 37.8. The van der Waals surface area contributed by atoms with Gasteiger partial charge in [0, 0.05) is 24.2 Å². The van der Waals surface area contributed by atoms with E-state index < -0.39 is 66.8 Å². The Hall–Kier alpha value is -5.06. The zero-order valence-corrected chi connectivity index (χ0v) is 41.1. The van der Waals surface area contributed by atoms with Crippen LogP contribution in [0, 0.1) is 0 Å². The van der Waals surface area contributed by atoms with Gasteiger partial charge in [-0.1, -0.05) is 114 Å². The van der Waals surface area contributed by atoms with Crippen molar-refractivity contribution < 1.29 is 76.3 Å². The maximum atomic E-state index is 14.2. The Morgan fingerprint density at radius 2 is 0.833 bits per heavy atom. The lowest BCUT2D eigenvalue weighted by atomic mass is 10.3. The second kappa shape index (κ2) is 26.3. The van der Waals surface area contributed by atoms with Crippen LogP contribution in [-0.4, -0.2) is 111 Å². The highest BCUT2D eigenvalue weighted by Crippen LogP contribution is 2.69. The van der Waals surface area contributed by atoms with Crippen LogP contribution in [0.2, 0.25) is 0 Å². The number of carbonyl (C=O) groups is 8. The molecule has 1 aromatic carbocycles. The molecule has 0 unspecified atom stereocenters. The van der Waals surface area contributed by atoms with E-state index in [9.17, 15) is 38.4 Å². The fourth-order valence-corrected chi connectivity index (χ4v) is 11.1. The second-order valence-electron chi connectivity index (χ2n) is 14.5. The van der Waals surface area contributed by atoms with Gasteiger partial charge in [0.05, 0.1) is 41.3 Å². The maximum absolute atomic E-state index is 14.2. The van der Waals surface area contributed by atoms with Gasteiger partial charge in [-0.3, -0.25) is 9.59 Å². The van der Waals surface area contributed by atoms with E-state index in [2.05, 4.69) is 13.2 Å². The summed E-state index contributed by atoms with van der Waals surface area (Å²) in [4.78, 5) is 107. The van der Waals surface area contributed by atoms with Crippen molar-refractivity contribution in [1.29, 1.82) is 0 Å². The first kappa shape index (κ1) is 53.6. The summed E-state index contributed by atoms with van der Waals surface area (Å²) < 4.78 is 43.5. The first-order valence-corrected chi connectivity index (χ1v) is 24.6. The Balaban J connectivity index is 1.90. The lowest BCUT2D eigenvalue weighted by Gasteiger charge is -2.27. The molecule has 1 fully saturated rings. The molecule has 0 atom stereocenters. The highest BCUT2D eigenvalue weighted by molar-refractivity contribution is 8.26. The molecule has 3 heterocycles. The minimum Gasteiger partial charge on any atom is -0.462 e. The van der Waals surface area contributed by atoms with Crippen molar-refractivity contribution >= 4 is 95.0 Å². The molecule has 360 valence electrons. The molecule has 3 aliphatic heterocycles. The molecule has 22 heteroatoms. The van der Waals surface area contributed by atoms with Crippen LogP contribution in [0.5, 0.6) is 11.5 Å². The average molecular weight is 995 g/mol. The van der Waals surface area contributed by atoms with E-state index in [0.717, 1.165) is 59.9 Å². The highest BCUT2D eigenvalue weighted by Gasteiger charge is 2.47. The summed E-state index contributed by atoms with van der Waals surface area (Å²) in [7, 11) is 0. The van der Waals surface area contributed by atoms with Gasteiger partial charge >= 0.3 is 36.2 Å². The van der Waals surface area contributed by atoms with Gasteiger partial charge in [-0.05, 0) is 39.5 Å². The summed E-state index contributed by atoms with van der Waals surface area (Å²) in [6.07, 6.45) is 2.64. The molecule has 0 aromatic heterocycles. The molecule has 66 heavy (non-hydrogen) atoms. The number of benzene rings is 1. The summed E-state index contributed by atoms with van der Waals surface area (Å²) in [6.45, 7) is 16.7. The third-order valence-electron chi connectivity index (χ3n) is 9.07. The normalized spacial score (nSPS) is 13.8. The molecular weight excluding hydrogens is 941 g/mol. The van der Waals surface area contributed by atoms with Crippen molar-refractivity contribution in [2.24, 2.45) is 0 Å². The number of hydrogen-bond donors (Lipinski definition) is 0. The van der Waals surface area contributed by atoms with Crippen LogP contribution in [-0.2, 0) is 57.2 Å². The fraction of sp³-hybridized carbons (Fsp3) is 0.500. The number of unbranched alkanes of at least 4 members (excludes halogenated alkanes) is 4. The van der Waals surface area contributed by atoms with E-state index in [1.165, 1.54) is 23.9 Å². The molecule has 0 radical (unpaired) electrons. The third kappa shape index (κ3) is 14.0. The first-order chi connectivity index (χ1) is 31.6. The van der Waals surface area contributed by atoms with E-state index in [1.54, 1.807) is 0 Å². The second-order valence-corrected chi connectivity index (χ2v) is 19.1. The van der Waals surface area contributed by atoms with Crippen molar-refractivity contribution in [1.82, 2.24) is 10.0 Å². The van der Waals surface area contributed by atoms with E-state index in [4.69, 9.17) is 37.9 Å².